The van der Waals surface area contributed by atoms with Crippen molar-refractivity contribution >= 4 is 21.7 Å². The molecule has 0 atom stereocenters. The van der Waals surface area contributed by atoms with Crippen LogP contribution in [0, 0.1) is 0 Å². The Morgan fingerprint density at radius 2 is 1.92 bits per heavy atom. The number of benzene rings is 1. The summed E-state index contributed by atoms with van der Waals surface area (Å²) in [5.41, 5.74) is 1.36. The van der Waals surface area contributed by atoms with Crippen LogP contribution in [0.25, 0.3) is 0 Å². The van der Waals surface area contributed by atoms with E-state index < -0.39 is 10.0 Å². The Balaban J connectivity index is 1.84. The summed E-state index contributed by atoms with van der Waals surface area (Å²) >= 11 is 0. The van der Waals surface area contributed by atoms with Crippen molar-refractivity contribution in [1.29, 1.82) is 0 Å². The third kappa shape index (κ3) is 5.70. The van der Waals surface area contributed by atoms with Gasteiger partial charge in [0.25, 0.3) is 5.91 Å². The monoisotopic (exact) mass is 360 g/mol. The molecule has 0 unspecified atom stereocenters. The normalized spacial score (nSPS) is 10.9. The lowest BCUT2D eigenvalue weighted by atomic mass is 10.1. The largest absolute Gasteiger partial charge is 0.367 e. The van der Waals surface area contributed by atoms with Crippen molar-refractivity contribution in [3.8, 4) is 0 Å². The Labute approximate surface area is 147 Å². The average molecular weight is 360 g/mol. The summed E-state index contributed by atoms with van der Waals surface area (Å²) in [7, 11) is -3.69. The molecule has 2 aromatic rings. The van der Waals surface area contributed by atoms with Crippen LogP contribution < -0.4 is 15.8 Å². The SMILES string of the molecule is C=CCNc1ccc(C(=O)NCCc2ccc(S(N)(=O)=O)cc2)cn1. The van der Waals surface area contributed by atoms with Crippen molar-refractivity contribution < 1.29 is 13.2 Å². The van der Waals surface area contributed by atoms with Gasteiger partial charge in [0.2, 0.25) is 10.0 Å². The number of carbonyl (C=O) groups excluding carboxylic acids is 1. The number of hydrogen-bond acceptors (Lipinski definition) is 5. The van der Waals surface area contributed by atoms with Gasteiger partial charge in [-0.1, -0.05) is 18.2 Å². The highest BCUT2D eigenvalue weighted by Crippen LogP contribution is 2.09. The lowest BCUT2D eigenvalue weighted by Crippen LogP contribution is -2.25. The number of pyridine rings is 1. The number of nitrogens with zero attached hydrogens (tertiary/aromatic N) is 1. The molecule has 4 N–H and O–H groups in total. The van der Waals surface area contributed by atoms with Crippen molar-refractivity contribution in [2.24, 2.45) is 5.14 Å². The van der Waals surface area contributed by atoms with E-state index in [0.717, 1.165) is 5.56 Å². The number of sulfonamides is 1. The first-order valence-corrected chi connectivity index (χ1v) is 9.15. The molecule has 0 saturated carbocycles. The maximum atomic E-state index is 12.1. The quantitative estimate of drug-likeness (QED) is 0.614. The predicted molar refractivity (Wildman–Crippen MR) is 96.8 cm³/mol. The van der Waals surface area contributed by atoms with E-state index in [1.54, 1.807) is 30.3 Å². The molecule has 25 heavy (non-hydrogen) atoms. The van der Waals surface area contributed by atoms with Gasteiger partial charge in [-0.05, 0) is 36.2 Å². The molecule has 0 radical (unpaired) electrons. The molecular formula is C17H20N4O3S. The molecule has 0 aliphatic heterocycles. The summed E-state index contributed by atoms with van der Waals surface area (Å²) in [6.45, 7) is 4.63. The van der Waals surface area contributed by atoms with Gasteiger partial charge in [-0.3, -0.25) is 4.79 Å². The summed E-state index contributed by atoms with van der Waals surface area (Å²) in [4.78, 5) is 16.3. The molecule has 0 saturated heterocycles. The number of hydrogen-bond donors (Lipinski definition) is 3. The Morgan fingerprint density at radius 3 is 2.48 bits per heavy atom. The zero-order chi connectivity index (χ0) is 18.3. The molecule has 132 valence electrons. The minimum absolute atomic E-state index is 0.0662. The lowest BCUT2D eigenvalue weighted by Gasteiger charge is -2.07. The lowest BCUT2D eigenvalue weighted by molar-refractivity contribution is 0.0954. The van der Waals surface area contributed by atoms with Crippen LogP contribution in [0.15, 0.2) is 60.1 Å². The van der Waals surface area contributed by atoms with Gasteiger partial charge in [0.05, 0.1) is 10.5 Å². The third-order valence-electron chi connectivity index (χ3n) is 3.40. The first-order valence-electron chi connectivity index (χ1n) is 7.61. The van der Waals surface area contributed by atoms with E-state index in [-0.39, 0.29) is 10.8 Å². The second kappa shape index (κ2) is 8.41. The van der Waals surface area contributed by atoms with Crippen LogP contribution >= 0.6 is 0 Å². The van der Waals surface area contributed by atoms with E-state index >= 15 is 0 Å². The molecule has 8 heteroatoms. The maximum Gasteiger partial charge on any atom is 0.252 e. The van der Waals surface area contributed by atoms with Crippen LogP contribution in [0.2, 0.25) is 0 Å². The number of nitrogens with two attached hydrogens (primary N) is 1. The summed E-state index contributed by atoms with van der Waals surface area (Å²) in [6, 6.07) is 9.66. The van der Waals surface area contributed by atoms with Crippen molar-refractivity contribution in [2.75, 3.05) is 18.4 Å². The van der Waals surface area contributed by atoms with E-state index in [1.807, 2.05) is 0 Å². The van der Waals surface area contributed by atoms with Crippen molar-refractivity contribution in [3.05, 3.63) is 66.4 Å². The maximum absolute atomic E-state index is 12.1. The van der Waals surface area contributed by atoms with Gasteiger partial charge in [0.1, 0.15) is 5.82 Å². The van der Waals surface area contributed by atoms with E-state index in [0.29, 0.717) is 30.9 Å². The fourth-order valence-electron chi connectivity index (χ4n) is 2.08. The highest BCUT2D eigenvalue weighted by atomic mass is 32.2. The number of nitrogens with one attached hydrogen (secondary N) is 2. The smallest absolute Gasteiger partial charge is 0.252 e. The van der Waals surface area contributed by atoms with Gasteiger partial charge in [-0.15, -0.1) is 6.58 Å². The first kappa shape index (κ1) is 18.6. The second-order valence-corrected chi connectivity index (χ2v) is 6.86. The highest BCUT2D eigenvalue weighted by molar-refractivity contribution is 7.89. The predicted octanol–water partition coefficient (Wildman–Crippen LogP) is 1.30. The van der Waals surface area contributed by atoms with E-state index in [2.05, 4.69) is 22.2 Å². The summed E-state index contributed by atoms with van der Waals surface area (Å²) < 4.78 is 22.4. The van der Waals surface area contributed by atoms with Gasteiger partial charge in [0.15, 0.2) is 0 Å². The molecule has 2 rings (SSSR count). The molecule has 1 heterocycles. The number of rotatable bonds is 8. The summed E-state index contributed by atoms with van der Waals surface area (Å²) in [5, 5.41) is 10.9. The number of amides is 1. The molecule has 1 aromatic carbocycles. The van der Waals surface area contributed by atoms with Crippen molar-refractivity contribution in [1.82, 2.24) is 10.3 Å². The molecule has 1 amide bonds. The van der Waals surface area contributed by atoms with Crippen LogP contribution in [0.4, 0.5) is 5.82 Å². The number of aromatic nitrogens is 1. The van der Waals surface area contributed by atoms with Crippen LogP contribution in [-0.4, -0.2) is 32.4 Å². The van der Waals surface area contributed by atoms with Gasteiger partial charge in [-0.25, -0.2) is 18.5 Å². The molecule has 0 aliphatic carbocycles. The van der Waals surface area contributed by atoms with E-state index in [1.165, 1.54) is 18.3 Å². The van der Waals surface area contributed by atoms with Crippen LogP contribution in [0.5, 0.6) is 0 Å². The van der Waals surface area contributed by atoms with Gasteiger partial charge in [-0.2, -0.15) is 0 Å². The van der Waals surface area contributed by atoms with Crippen molar-refractivity contribution in [3.63, 3.8) is 0 Å². The molecule has 0 aliphatic rings. The molecule has 0 spiro atoms. The highest BCUT2D eigenvalue weighted by Gasteiger charge is 2.08. The zero-order valence-electron chi connectivity index (χ0n) is 13.6. The standard InChI is InChI=1S/C17H20N4O3S/c1-2-10-19-16-8-5-14(12-21-16)17(22)20-11-9-13-3-6-15(7-4-13)25(18,23)24/h2-8,12H,1,9-11H2,(H,19,21)(H,20,22)(H2,18,23,24). The van der Waals surface area contributed by atoms with Gasteiger partial charge in [0, 0.05) is 19.3 Å². The van der Waals surface area contributed by atoms with Crippen molar-refractivity contribution in [2.45, 2.75) is 11.3 Å². The molecular weight excluding hydrogens is 340 g/mol. The van der Waals surface area contributed by atoms with E-state index in [4.69, 9.17) is 5.14 Å². The minimum atomic E-state index is -3.69. The fraction of sp³-hybridized carbons (Fsp3) is 0.176. The van der Waals surface area contributed by atoms with Gasteiger partial charge < -0.3 is 10.6 Å². The summed E-state index contributed by atoms with van der Waals surface area (Å²) in [5.74, 6) is 0.454. The van der Waals surface area contributed by atoms with Gasteiger partial charge >= 0.3 is 0 Å². The Kier molecular flexibility index (Phi) is 6.26. The number of anilines is 1. The second-order valence-electron chi connectivity index (χ2n) is 5.30. The molecule has 0 fully saturated rings. The third-order valence-corrected chi connectivity index (χ3v) is 4.33. The first-order chi connectivity index (χ1) is 11.9. The number of primary sulfonamides is 1. The zero-order valence-corrected chi connectivity index (χ0v) is 14.4. The Bertz CT molecular complexity index is 831. The Morgan fingerprint density at radius 1 is 1.20 bits per heavy atom. The fourth-order valence-corrected chi connectivity index (χ4v) is 2.59. The minimum Gasteiger partial charge on any atom is -0.367 e. The summed E-state index contributed by atoms with van der Waals surface area (Å²) in [6.07, 6.45) is 3.79. The molecule has 0 bridgehead atoms. The van der Waals surface area contributed by atoms with E-state index in [9.17, 15) is 13.2 Å². The Hall–Kier alpha value is -2.71. The van der Waals surface area contributed by atoms with Crippen LogP contribution in [0.3, 0.4) is 0 Å². The number of carbonyl (C=O) groups is 1. The molecule has 7 nitrogen and oxygen atoms in total. The average Bonchev–Trinajstić information content (AvgIpc) is 2.60. The topological polar surface area (TPSA) is 114 Å². The molecule has 1 aromatic heterocycles. The van der Waals surface area contributed by atoms with Crippen LogP contribution in [0.1, 0.15) is 15.9 Å². The van der Waals surface area contributed by atoms with Crippen LogP contribution in [-0.2, 0) is 16.4 Å².